The second-order valence-corrected chi connectivity index (χ2v) is 3.29. The molecule has 1 rings (SSSR count). The Morgan fingerprint density at radius 1 is 1.71 bits per heavy atom. The van der Waals surface area contributed by atoms with E-state index in [4.69, 9.17) is 5.73 Å². The normalized spacial score (nSPS) is 11.0. The smallest absolute Gasteiger partial charge is 0.112 e. The number of hydrogen-bond acceptors (Lipinski definition) is 2. The van der Waals surface area contributed by atoms with Gasteiger partial charge in [-0.15, -0.1) is 0 Å². The summed E-state index contributed by atoms with van der Waals surface area (Å²) >= 11 is 0. The van der Waals surface area contributed by atoms with Crippen LogP contribution in [-0.4, -0.2) is 9.55 Å². The average molecular weight is 191 g/mol. The highest BCUT2D eigenvalue weighted by molar-refractivity contribution is 5.13. The molecule has 0 spiro atoms. The molecule has 3 heteroatoms. The fraction of sp³-hybridized carbons (Fsp3) is 0.364. The minimum atomic E-state index is 0.579. The number of hydrogen-bond donors (Lipinski definition) is 1. The molecule has 3 nitrogen and oxygen atoms in total. The third-order valence-electron chi connectivity index (χ3n) is 2.02. The highest BCUT2D eigenvalue weighted by Crippen LogP contribution is 2.03. The van der Waals surface area contributed by atoms with E-state index in [-0.39, 0.29) is 0 Å². The lowest BCUT2D eigenvalue weighted by Gasteiger charge is -1.95. The van der Waals surface area contributed by atoms with Gasteiger partial charge in [-0.1, -0.05) is 19.6 Å². The van der Waals surface area contributed by atoms with Crippen molar-refractivity contribution in [2.24, 2.45) is 12.8 Å². The van der Waals surface area contributed by atoms with Gasteiger partial charge in [-0.2, -0.15) is 0 Å². The molecule has 76 valence electrons. The first-order valence-electron chi connectivity index (χ1n) is 4.75. The molecule has 0 amide bonds. The Balaban J connectivity index is 2.67. The second-order valence-electron chi connectivity index (χ2n) is 3.29. The fourth-order valence-corrected chi connectivity index (χ4v) is 1.25. The molecule has 2 N–H and O–H groups in total. The van der Waals surface area contributed by atoms with Crippen LogP contribution in [0.15, 0.2) is 30.6 Å². The molecule has 0 aliphatic heterocycles. The van der Waals surface area contributed by atoms with Gasteiger partial charge in [0.2, 0.25) is 0 Å². The van der Waals surface area contributed by atoms with Crippen molar-refractivity contribution < 1.29 is 0 Å². The van der Waals surface area contributed by atoms with Crippen LogP contribution in [0.1, 0.15) is 18.4 Å². The average Bonchev–Trinajstić information content (AvgIpc) is 2.47. The Bertz CT molecular complexity index is 347. The quantitative estimate of drug-likeness (QED) is 0.734. The maximum absolute atomic E-state index is 5.42. The third kappa shape index (κ3) is 2.76. The Labute approximate surface area is 85.0 Å². The molecule has 0 atom stereocenters. The van der Waals surface area contributed by atoms with Crippen LogP contribution < -0.4 is 5.73 Å². The van der Waals surface area contributed by atoms with Gasteiger partial charge in [0.1, 0.15) is 5.82 Å². The first-order valence-corrected chi connectivity index (χ1v) is 4.75. The zero-order valence-corrected chi connectivity index (χ0v) is 8.83. The largest absolute Gasteiger partial charge is 0.399 e. The first kappa shape index (κ1) is 10.6. The van der Waals surface area contributed by atoms with Gasteiger partial charge in [0.25, 0.3) is 0 Å². The molecule has 0 unspecified atom stereocenters. The molecule has 0 aliphatic carbocycles. The van der Waals surface area contributed by atoms with E-state index in [0.717, 1.165) is 24.4 Å². The summed E-state index contributed by atoms with van der Waals surface area (Å²) in [5, 5.41) is 0. The molecule has 0 saturated carbocycles. The molecular formula is C11H17N3. The highest BCUT2D eigenvalue weighted by atomic mass is 15.0. The summed E-state index contributed by atoms with van der Waals surface area (Å²) in [4.78, 5) is 4.47. The van der Waals surface area contributed by atoms with Gasteiger partial charge in [-0.05, 0) is 12.5 Å². The van der Waals surface area contributed by atoms with Crippen molar-refractivity contribution >= 4 is 0 Å². The van der Waals surface area contributed by atoms with E-state index in [1.54, 1.807) is 6.08 Å². The Morgan fingerprint density at radius 2 is 2.43 bits per heavy atom. The molecule has 14 heavy (non-hydrogen) atoms. The van der Waals surface area contributed by atoms with E-state index < -0.39 is 0 Å². The predicted octanol–water partition coefficient (Wildman–Crippen LogP) is 1.55. The summed E-state index contributed by atoms with van der Waals surface area (Å²) in [7, 11) is 2.01. The van der Waals surface area contributed by atoms with Crippen molar-refractivity contribution in [2.45, 2.75) is 19.8 Å². The van der Waals surface area contributed by atoms with Gasteiger partial charge < -0.3 is 10.3 Å². The standard InChI is InChI=1S/C11H17N3/c1-4-10-8-14(3)11(13-10)7-5-6-9(2)12/h5-6,8H,2,4,7,12H2,1,3H3/b6-5+. The van der Waals surface area contributed by atoms with Gasteiger partial charge in [0, 0.05) is 25.4 Å². The van der Waals surface area contributed by atoms with Gasteiger partial charge >= 0.3 is 0 Å². The summed E-state index contributed by atoms with van der Waals surface area (Å²) in [5.41, 5.74) is 7.12. The van der Waals surface area contributed by atoms with E-state index in [1.165, 1.54) is 0 Å². The van der Waals surface area contributed by atoms with Crippen LogP contribution in [0.2, 0.25) is 0 Å². The number of aromatic nitrogens is 2. The number of allylic oxidation sites excluding steroid dienone is 2. The zero-order valence-electron chi connectivity index (χ0n) is 8.83. The molecule has 0 fully saturated rings. The molecule has 0 bridgehead atoms. The van der Waals surface area contributed by atoms with Crippen molar-refractivity contribution in [1.82, 2.24) is 9.55 Å². The number of rotatable bonds is 4. The van der Waals surface area contributed by atoms with Crippen LogP contribution in [0.4, 0.5) is 0 Å². The van der Waals surface area contributed by atoms with Crippen molar-refractivity contribution in [3.63, 3.8) is 0 Å². The van der Waals surface area contributed by atoms with Crippen molar-refractivity contribution in [2.75, 3.05) is 0 Å². The van der Waals surface area contributed by atoms with Crippen LogP contribution in [0.3, 0.4) is 0 Å². The lowest BCUT2D eigenvalue weighted by molar-refractivity contribution is 0.829. The molecule has 0 aromatic carbocycles. The van der Waals surface area contributed by atoms with Gasteiger partial charge in [-0.25, -0.2) is 4.98 Å². The zero-order chi connectivity index (χ0) is 10.6. The van der Waals surface area contributed by atoms with Crippen LogP contribution >= 0.6 is 0 Å². The van der Waals surface area contributed by atoms with Crippen molar-refractivity contribution in [3.8, 4) is 0 Å². The summed E-state index contributed by atoms with van der Waals surface area (Å²) in [5.74, 6) is 1.05. The molecule has 1 aromatic rings. The molecule has 1 aromatic heterocycles. The van der Waals surface area contributed by atoms with Gasteiger partial charge in [0.15, 0.2) is 0 Å². The minimum absolute atomic E-state index is 0.579. The molecule has 0 aliphatic rings. The van der Waals surface area contributed by atoms with Crippen LogP contribution in [0.5, 0.6) is 0 Å². The topological polar surface area (TPSA) is 43.8 Å². The van der Waals surface area contributed by atoms with Crippen molar-refractivity contribution in [3.05, 3.63) is 42.1 Å². The SMILES string of the molecule is C=C(N)/C=C/Cc1nc(CC)cn1C. The third-order valence-corrected chi connectivity index (χ3v) is 2.02. The number of imidazole rings is 1. The molecule has 1 heterocycles. The van der Waals surface area contributed by atoms with Gasteiger partial charge in [-0.3, -0.25) is 0 Å². The molecule has 0 saturated heterocycles. The number of aryl methyl sites for hydroxylation is 2. The van der Waals surface area contributed by atoms with Crippen LogP contribution in [-0.2, 0) is 19.9 Å². The Kier molecular flexibility index (Phi) is 3.51. The monoisotopic (exact) mass is 191 g/mol. The van der Waals surface area contributed by atoms with E-state index in [2.05, 4.69) is 24.7 Å². The predicted molar refractivity (Wildman–Crippen MR) is 58.8 cm³/mol. The first-order chi connectivity index (χ1) is 6.63. The lowest BCUT2D eigenvalue weighted by Crippen LogP contribution is -1.95. The Morgan fingerprint density at radius 3 is 2.93 bits per heavy atom. The summed E-state index contributed by atoms with van der Waals surface area (Å²) in [6.45, 7) is 5.69. The molecular weight excluding hydrogens is 174 g/mol. The van der Waals surface area contributed by atoms with Crippen LogP contribution in [0.25, 0.3) is 0 Å². The second kappa shape index (κ2) is 4.65. The van der Waals surface area contributed by atoms with E-state index in [1.807, 2.05) is 17.7 Å². The van der Waals surface area contributed by atoms with E-state index in [9.17, 15) is 0 Å². The summed E-state index contributed by atoms with van der Waals surface area (Å²) < 4.78 is 2.04. The van der Waals surface area contributed by atoms with E-state index in [0.29, 0.717) is 5.70 Å². The Hall–Kier alpha value is -1.51. The highest BCUT2D eigenvalue weighted by Gasteiger charge is 2.00. The molecule has 0 radical (unpaired) electrons. The minimum Gasteiger partial charge on any atom is -0.399 e. The number of nitrogens with two attached hydrogens (primary N) is 1. The van der Waals surface area contributed by atoms with Gasteiger partial charge in [0.05, 0.1) is 5.69 Å². The summed E-state index contributed by atoms with van der Waals surface area (Å²) in [6, 6.07) is 0. The van der Waals surface area contributed by atoms with Crippen molar-refractivity contribution in [1.29, 1.82) is 0 Å². The summed E-state index contributed by atoms with van der Waals surface area (Å²) in [6.07, 6.45) is 7.61. The fourth-order valence-electron chi connectivity index (χ4n) is 1.25. The maximum atomic E-state index is 5.42. The maximum Gasteiger partial charge on any atom is 0.112 e. The lowest BCUT2D eigenvalue weighted by atomic mass is 10.3. The number of nitrogens with zero attached hydrogens (tertiary/aromatic N) is 2. The van der Waals surface area contributed by atoms with Crippen LogP contribution in [0, 0.1) is 0 Å². The van der Waals surface area contributed by atoms with E-state index >= 15 is 0 Å².